The van der Waals surface area contributed by atoms with Crippen molar-refractivity contribution in [2.24, 2.45) is 5.92 Å². The SMILES string of the molecule is CC(C)[C@H]1CC(c2cc(F)c3nc(-c4ccc(S(C)(=O)=O)cc4)cn3c2)CCN1C1CCNCC1. The van der Waals surface area contributed by atoms with E-state index in [1.165, 1.54) is 19.1 Å². The lowest BCUT2D eigenvalue weighted by molar-refractivity contribution is 0.0430. The normalized spacial score (nSPS) is 22.8. The number of imidazole rings is 1. The van der Waals surface area contributed by atoms with Gasteiger partial charge >= 0.3 is 0 Å². The Morgan fingerprint density at radius 2 is 1.80 bits per heavy atom. The minimum Gasteiger partial charge on any atom is -0.317 e. The Labute approximate surface area is 207 Å². The number of nitrogens with one attached hydrogen (secondary N) is 1. The highest BCUT2D eigenvalue weighted by molar-refractivity contribution is 7.90. The number of aromatic nitrogens is 2. The maximum Gasteiger partial charge on any atom is 0.175 e. The summed E-state index contributed by atoms with van der Waals surface area (Å²) in [6, 6.07) is 9.40. The molecule has 2 aliphatic heterocycles. The van der Waals surface area contributed by atoms with E-state index < -0.39 is 9.84 Å². The molecule has 3 aromatic rings. The van der Waals surface area contributed by atoms with Gasteiger partial charge in [-0.05, 0) is 80.9 Å². The quantitative estimate of drug-likeness (QED) is 0.561. The van der Waals surface area contributed by atoms with Gasteiger partial charge < -0.3 is 9.72 Å². The van der Waals surface area contributed by atoms with E-state index in [1.54, 1.807) is 34.7 Å². The average Bonchev–Trinajstić information content (AvgIpc) is 3.29. The van der Waals surface area contributed by atoms with Crippen LogP contribution in [0.25, 0.3) is 16.9 Å². The van der Waals surface area contributed by atoms with Crippen LogP contribution in [0.1, 0.15) is 51.0 Å². The Morgan fingerprint density at radius 3 is 2.46 bits per heavy atom. The zero-order valence-corrected chi connectivity index (χ0v) is 21.6. The number of sulfone groups is 1. The van der Waals surface area contributed by atoms with Crippen LogP contribution in [0.4, 0.5) is 4.39 Å². The highest BCUT2D eigenvalue weighted by Gasteiger charge is 2.35. The summed E-state index contributed by atoms with van der Waals surface area (Å²) < 4.78 is 40.5. The third-order valence-corrected chi connectivity index (χ3v) is 8.94. The van der Waals surface area contributed by atoms with Crippen molar-refractivity contribution >= 4 is 15.5 Å². The maximum absolute atomic E-state index is 15.2. The molecule has 0 aliphatic carbocycles. The highest BCUT2D eigenvalue weighted by atomic mass is 32.2. The standard InChI is InChI=1S/C27H35FN4O2S/c1-18(2)26-15-20(10-13-32(26)22-8-11-29-12-9-22)21-14-24(28)27-30-25(17-31(27)16-21)19-4-6-23(7-5-19)35(3,33)34/h4-7,14,16-18,20,22,26,29H,8-13,15H2,1-3H3/t20?,26-/m1/s1. The van der Waals surface area contributed by atoms with Gasteiger partial charge in [-0.3, -0.25) is 4.90 Å². The highest BCUT2D eigenvalue weighted by Crippen LogP contribution is 2.37. The van der Waals surface area contributed by atoms with Crippen LogP contribution >= 0.6 is 0 Å². The molecule has 2 atom stereocenters. The summed E-state index contributed by atoms with van der Waals surface area (Å²) in [5, 5.41) is 3.47. The van der Waals surface area contributed by atoms with E-state index in [0.29, 0.717) is 35.3 Å². The number of benzene rings is 1. The van der Waals surface area contributed by atoms with Gasteiger partial charge in [0.1, 0.15) is 0 Å². The molecular formula is C27H35FN4O2S. The number of fused-ring (bicyclic) bond motifs is 1. The Bertz CT molecular complexity index is 1300. The van der Waals surface area contributed by atoms with Crippen LogP contribution < -0.4 is 5.32 Å². The largest absolute Gasteiger partial charge is 0.317 e. The fourth-order valence-electron chi connectivity index (χ4n) is 5.88. The number of nitrogens with zero attached hydrogens (tertiary/aromatic N) is 3. The Kier molecular flexibility index (Phi) is 6.72. The van der Waals surface area contributed by atoms with Crippen molar-refractivity contribution in [1.29, 1.82) is 0 Å². The van der Waals surface area contributed by atoms with Gasteiger partial charge in [-0.1, -0.05) is 26.0 Å². The molecule has 188 valence electrons. The molecule has 1 N–H and O–H groups in total. The predicted octanol–water partition coefficient (Wildman–Crippen LogP) is 4.50. The maximum atomic E-state index is 15.2. The summed E-state index contributed by atoms with van der Waals surface area (Å²) in [5.41, 5.74) is 2.71. The Morgan fingerprint density at radius 1 is 1.09 bits per heavy atom. The molecule has 2 saturated heterocycles. The average molecular weight is 499 g/mol. The molecule has 2 aliphatic rings. The minimum atomic E-state index is -3.27. The van der Waals surface area contributed by atoms with Crippen molar-refractivity contribution in [3.05, 3.63) is 54.1 Å². The molecule has 1 aromatic carbocycles. The molecule has 0 radical (unpaired) electrons. The smallest absolute Gasteiger partial charge is 0.175 e. The molecule has 5 rings (SSSR count). The molecule has 0 saturated carbocycles. The molecule has 2 aromatic heterocycles. The van der Waals surface area contributed by atoms with Crippen LogP contribution in [0.3, 0.4) is 0 Å². The van der Waals surface area contributed by atoms with Crippen molar-refractivity contribution in [2.45, 2.75) is 62.4 Å². The van der Waals surface area contributed by atoms with Gasteiger partial charge in [-0.25, -0.2) is 17.8 Å². The summed E-state index contributed by atoms with van der Waals surface area (Å²) in [7, 11) is -3.27. The summed E-state index contributed by atoms with van der Waals surface area (Å²) >= 11 is 0. The second kappa shape index (κ2) is 9.64. The lowest BCUT2D eigenvalue weighted by Crippen LogP contribution is -2.53. The predicted molar refractivity (Wildman–Crippen MR) is 137 cm³/mol. The lowest BCUT2D eigenvalue weighted by Gasteiger charge is -2.47. The molecular weight excluding hydrogens is 463 g/mol. The first-order chi connectivity index (χ1) is 16.7. The minimum absolute atomic E-state index is 0.258. The van der Waals surface area contributed by atoms with Crippen molar-refractivity contribution < 1.29 is 12.8 Å². The summed E-state index contributed by atoms with van der Waals surface area (Å²) in [6.45, 7) is 7.86. The van der Waals surface area contributed by atoms with E-state index >= 15 is 4.39 Å². The summed E-state index contributed by atoms with van der Waals surface area (Å²) in [6.07, 6.45) is 9.54. The van der Waals surface area contributed by atoms with Gasteiger partial charge in [-0.15, -0.1) is 0 Å². The molecule has 4 heterocycles. The number of rotatable bonds is 5. The zero-order valence-electron chi connectivity index (χ0n) is 20.7. The third-order valence-electron chi connectivity index (χ3n) is 7.81. The van der Waals surface area contributed by atoms with Gasteiger partial charge in [0.25, 0.3) is 0 Å². The van der Waals surface area contributed by atoms with Crippen LogP contribution in [0, 0.1) is 11.7 Å². The Balaban J connectivity index is 1.40. The van der Waals surface area contributed by atoms with E-state index in [9.17, 15) is 8.42 Å². The van der Waals surface area contributed by atoms with E-state index in [0.717, 1.165) is 43.6 Å². The first-order valence-electron chi connectivity index (χ1n) is 12.7. The molecule has 35 heavy (non-hydrogen) atoms. The van der Waals surface area contributed by atoms with Crippen LogP contribution in [0.15, 0.2) is 47.6 Å². The van der Waals surface area contributed by atoms with E-state index in [2.05, 4.69) is 29.0 Å². The summed E-state index contributed by atoms with van der Waals surface area (Å²) in [4.78, 5) is 7.49. The van der Waals surface area contributed by atoms with Gasteiger partial charge in [0.15, 0.2) is 21.3 Å². The first kappa shape index (κ1) is 24.4. The van der Waals surface area contributed by atoms with Crippen molar-refractivity contribution in [3.63, 3.8) is 0 Å². The third kappa shape index (κ3) is 5.01. The first-order valence-corrected chi connectivity index (χ1v) is 14.5. The van der Waals surface area contributed by atoms with Crippen molar-refractivity contribution in [3.8, 4) is 11.3 Å². The summed E-state index contributed by atoms with van der Waals surface area (Å²) in [5.74, 6) is 0.554. The molecule has 0 amide bonds. The van der Waals surface area contributed by atoms with Gasteiger partial charge in [0.2, 0.25) is 0 Å². The second-order valence-electron chi connectivity index (χ2n) is 10.5. The van der Waals surface area contributed by atoms with Crippen LogP contribution in [0.5, 0.6) is 0 Å². The van der Waals surface area contributed by atoms with E-state index in [4.69, 9.17) is 0 Å². The number of piperidine rings is 2. The molecule has 0 bridgehead atoms. The topological polar surface area (TPSA) is 66.7 Å². The zero-order chi connectivity index (χ0) is 24.7. The number of hydrogen-bond donors (Lipinski definition) is 1. The van der Waals surface area contributed by atoms with Gasteiger partial charge in [0, 0.05) is 36.3 Å². The van der Waals surface area contributed by atoms with Crippen molar-refractivity contribution in [1.82, 2.24) is 19.6 Å². The lowest BCUT2D eigenvalue weighted by atomic mass is 9.80. The molecule has 0 spiro atoms. The fraction of sp³-hybridized carbons (Fsp3) is 0.519. The monoisotopic (exact) mass is 498 g/mol. The van der Waals surface area contributed by atoms with Crippen LogP contribution in [-0.2, 0) is 9.84 Å². The van der Waals surface area contributed by atoms with Crippen molar-refractivity contribution in [2.75, 3.05) is 25.9 Å². The Hall–Kier alpha value is -2.29. The fourth-order valence-corrected chi connectivity index (χ4v) is 6.51. The molecule has 8 heteroatoms. The molecule has 1 unspecified atom stereocenters. The number of hydrogen-bond acceptors (Lipinski definition) is 5. The van der Waals surface area contributed by atoms with Gasteiger partial charge in [-0.2, -0.15) is 0 Å². The number of halogens is 1. The second-order valence-corrected chi connectivity index (χ2v) is 12.5. The number of pyridine rings is 1. The molecule has 6 nitrogen and oxygen atoms in total. The van der Waals surface area contributed by atoms with E-state index in [1.807, 2.05) is 12.4 Å². The van der Waals surface area contributed by atoms with Gasteiger partial charge in [0.05, 0.1) is 10.6 Å². The number of likely N-dealkylation sites (tertiary alicyclic amines) is 1. The van der Waals surface area contributed by atoms with Crippen LogP contribution in [0.2, 0.25) is 0 Å². The van der Waals surface area contributed by atoms with E-state index in [-0.39, 0.29) is 10.7 Å². The van der Waals surface area contributed by atoms with Crippen LogP contribution in [-0.4, -0.2) is 60.7 Å². The molecule has 2 fully saturated rings.